The molecule has 1 saturated heterocycles. The van der Waals surface area contributed by atoms with E-state index in [2.05, 4.69) is 10.6 Å². The van der Waals surface area contributed by atoms with Crippen LogP contribution in [0.3, 0.4) is 0 Å². The zero-order valence-corrected chi connectivity index (χ0v) is 12.1. The van der Waals surface area contributed by atoms with Gasteiger partial charge in [-0.25, -0.2) is 18.4 Å². The molecule has 0 aromatic heterocycles. The van der Waals surface area contributed by atoms with Gasteiger partial charge in [-0.15, -0.1) is 0 Å². The van der Waals surface area contributed by atoms with Gasteiger partial charge in [-0.3, -0.25) is 9.59 Å². The number of sulfonamides is 1. The number of hydrogen-bond donors (Lipinski definition) is 4. The average molecular weight is 322 g/mol. The molecule has 3 amide bonds. The van der Waals surface area contributed by atoms with Crippen molar-refractivity contribution < 1.29 is 27.9 Å². The maximum Gasteiger partial charge on any atom is 0.318 e. The third-order valence-electron chi connectivity index (χ3n) is 2.84. The Kier molecular flexibility index (Phi) is 5.90. The molecule has 21 heavy (non-hydrogen) atoms. The highest BCUT2D eigenvalue weighted by Crippen LogP contribution is 2.09. The third-order valence-corrected chi connectivity index (χ3v) is 3.70. The van der Waals surface area contributed by atoms with E-state index in [9.17, 15) is 22.8 Å². The summed E-state index contributed by atoms with van der Waals surface area (Å²) in [5.74, 6) is -1.99. The lowest BCUT2D eigenvalue weighted by Crippen LogP contribution is -2.60. The molecular weight excluding hydrogens is 304 g/mol. The Balaban J connectivity index is 2.53. The fourth-order valence-electron chi connectivity index (χ4n) is 1.90. The molecule has 10 nitrogen and oxygen atoms in total. The second-order valence-corrected chi connectivity index (χ2v) is 6.28. The molecule has 0 bridgehead atoms. The van der Waals surface area contributed by atoms with Crippen LogP contribution in [0.25, 0.3) is 0 Å². The van der Waals surface area contributed by atoms with Crippen LogP contribution in [0.15, 0.2) is 0 Å². The molecule has 0 aromatic carbocycles. The number of urea groups is 1. The summed E-state index contributed by atoms with van der Waals surface area (Å²) in [4.78, 5) is 35.4. The zero-order valence-electron chi connectivity index (χ0n) is 11.2. The Hall–Kier alpha value is -1.88. The van der Waals surface area contributed by atoms with Gasteiger partial charge in [0.1, 0.15) is 6.04 Å². The van der Waals surface area contributed by atoms with Crippen LogP contribution in [-0.4, -0.2) is 67.8 Å². The molecule has 11 heteroatoms. The number of nitrogens with zero attached hydrogens (tertiary/aromatic N) is 1. The van der Waals surface area contributed by atoms with Gasteiger partial charge in [0.25, 0.3) is 0 Å². The molecule has 0 spiro atoms. The summed E-state index contributed by atoms with van der Waals surface area (Å²) < 4.78 is 21.5. The molecule has 120 valence electrons. The number of hydrogen-bond acceptors (Lipinski definition) is 5. The number of carboxylic acid groups (broad SMARTS) is 1. The number of carbonyl (C=O) groups excluding carboxylic acids is 2. The normalized spacial score (nSPS) is 19.0. The largest absolute Gasteiger partial charge is 0.481 e. The summed E-state index contributed by atoms with van der Waals surface area (Å²) >= 11 is 0. The maximum absolute atomic E-state index is 11.9. The molecule has 1 atom stereocenters. The van der Waals surface area contributed by atoms with Crippen LogP contribution in [0, 0.1) is 0 Å². The van der Waals surface area contributed by atoms with Crippen LogP contribution >= 0.6 is 0 Å². The van der Waals surface area contributed by atoms with Crippen molar-refractivity contribution in [1.29, 1.82) is 0 Å². The van der Waals surface area contributed by atoms with Gasteiger partial charge in [0.05, 0.1) is 12.2 Å². The predicted molar refractivity (Wildman–Crippen MR) is 71.7 cm³/mol. The van der Waals surface area contributed by atoms with Crippen LogP contribution in [0.5, 0.6) is 0 Å². The molecule has 0 aromatic rings. The maximum atomic E-state index is 11.9. The number of carbonyl (C=O) groups is 3. The van der Waals surface area contributed by atoms with Crippen LogP contribution in [0.2, 0.25) is 0 Å². The van der Waals surface area contributed by atoms with Gasteiger partial charge in [0.2, 0.25) is 15.9 Å². The Morgan fingerprint density at radius 2 is 2.14 bits per heavy atom. The molecular formula is C10H18N4O6S. The van der Waals surface area contributed by atoms with Gasteiger partial charge in [0.15, 0.2) is 0 Å². The topological polar surface area (TPSA) is 159 Å². The Morgan fingerprint density at radius 3 is 2.71 bits per heavy atom. The van der Waals surface area contributed by atoms with Gasteiger partial charge < -0.3 is 20.6 Å². The summed E-state index contributed by atoms with van der Waals surface area (Å²) in [6.45, 7) is 0.484. The van der Waals surface area contributed by atoms with E-state index in [1.807, 2.05) is 0 Å². The Bertz CT molecular complexity index is 520. The number of rotatable bonds is 6. The minimum atomic E-state index is -3.59. The van der Waals surface area contributed by atoms with E-state index in [1.165, 1.54) is 0 Å². The van der Waals surface area contributed by atoms with Crippen molar-refractivity contribution in [2.24, 2.45) is 5.14 Å². The molecule has 1 rings (SSSR count). The molecule has 1 aliphatic rings. The van der Waals surface area contributed by atoms with E-state index in [0.29, 0.717) is 0 Å². The lowest BCUT2D eigenvalue weighted by atomic mass is 10.1. The molecule has 1 fully saturated rings. The van der Waals surface area contributed by atoms with Crippen molar-refractivity contribution in [2.75, 3.05) is 25.4 Å². The van der Waals surface area contributed by atoms with E-state index in [0.717, 1.165) is 4.90 Å². The van der Waals surface area contributed by atoms with Crippen molar-refractivity contribution >= 4 is 27.9 Å². The van der Waals surface area contributed by atoms with Crippen molar-refractivity contribution in [1.82, 2.24) is 15.5 Å². The van der Waals surface area contributed by atoms with Crippen molar-refractivity contribution in [3.8, 4) is 0 Å². The zero-order chi connectivity index (χ0) is 16.0. The van der Waals surface area contributed by atoms with Crippen LogP contribution < -0.4 is 15.8 Å². The number of nitrogens with two attached hydrogens (primary N) is 1. The summed E-state index contributed by atoms with van der Waals surface area (Å²) in [5, 5.41) is 18.5. The smallest absolute Gasteiger partial charge is 0.318 e. The first-order chi connectivity index (χ1) is 9.70. The standard InChI is InChI=1S/C10H18N4O6S/c11-21(19,20)5-1-2-13-10(18)14-4-3-12-9(17)7(14)6-8(15)16/h7H,1-6H2,(H,12,17)(H,13,18)(H,15,16)(H2,11,19,20). The number of primary sulfonamides is 1. The van der Waals surface area contributed by atoms with E-state index < -0.39 is 40.4 Å². The third kappa shape index (κ3) is 5.95. The van der Waals surface area contributed by atoms with Gasteiger partial charge in [0, 0.05) is 19.6 Å². The Labute approximate surface area is 121 Å². The second-order valence-electron chi connectivity index (χ2n) is 4.55. The molecule has 5 N–H and O–H groups in total. The lowest BCUT2D eigenvalue weighted by Gasteiger charge is -2.34. The highest BCUT2D eigenvalue weighted by atomic mass is 32.2. The lowest BCUT2D eigenvalue weighted by molar-refractivity contribution is -0.142. The van der Waals surface area contributed by atoms with Crippen LogP contribution in [-0.2, 0) is 19.6 Å². The van der Waals surface area contributed by atoms with Gasteiger partial charge in [-0.2, -0.15) is 0 Å². The average Bonchev–Trinajstić information content (AvgIpc) is 2.35. The van der Waals surface area contributed by atoms with Crippen molar-refractivity contribution in [3.05, 3.63) is 0 Å². The molecule has 0 saturated carbocycles. The minimum absolute atomic E-state index is 0.0627. The number of carboxylic acids is 1. The van der Waals surface area contributed by atoms with E-state index in [1.54, 1.807) is 0 Å². The molecule has 0 radical (unpaired) electrons. The van der Waals surface area contributed by atoms with Crippen LogP contribution in [0.4, 0.5) is 4.79 Å². The van der Waals surface area contributed by atoms with E-state index >= 15 is 0 Å². The second kappa shape index (κ2) is 7.22. The quantitative estimate of drug-likeness (QED) is 0.401. The molecule has 1 aliphatic heterocycles. The monoisotopic (exact) mass is 322 g/mol. The number of aliphatic carboxylic acids is 1. The fourth-order valence-corrected chi connectivity index (χ4v) is 2.44. The first-order valence-electron chi connectivity index (χ1n) is 6.25. The highest BCUT2D eigenvalue weighted by Gasteiger charge is 2.34. The number of piperazine rings is 1. The van der Waals surface area contributed by atoms with E-state index in [-0.39, 0.29) is 31.8 Å². The van der Waals surface area contributed by atoms with Crippen molar-refractivity contribution in [3.63, 3.8) is 0 Å². The summed E-state index contributed by atoms with van der Waals surface area (Å²) in [5.41, 5.74) is 0. The number of amides is 3. The molecule has 1 heterocycles. The first-order valence-corrected chi connectivity index (χ1v) is 7.96. The van der Waals surface area contributed by atoms with Gasteiger partial charge in [-0.1, -0.05) is 0 Å². The Morgan fingerprint density at radius 1 is 1.48 bits per heavy atom. The fraction of sp³-hybridized carbons (Fsp3) is 0.700. The van der Waals surface area contributed by atoms with Crippen LogP contribution in [0.1, 0.15) is 12.8 Å². The van der Waals surface area contributed by atoms with Gasteiger partial charge >= 0.3 is 12.0 Å². The first kappa shape index (κ1) is 17.2. The SMILES string of the molecule is NS(=O)(=O)CCCNC(=O)N1CCNC(=O)C1CC(=O)O. The minimum Gasteiger partial charge on any atom is -0.481 e. The highest BCUT2D eigenvalue weighted by molar-refractivity contribution is 7.89. The number of nitrogens with one attached hydrogen (secondary N) is 2. The van der Waals surface area contributed by atoms with Gasteiger partial charge in [-0.05, 0) is 6.42 Å². The summed E-state index contributed by atoms with van der Waals surface area (Å²) in [6, 6.07) is -1.68. The van der Waals surface area contributed by atoms with E-state index in [4.69, 9.17) is 10.2 Å². The summed E-state index contributed by atoms with van der Waals surface area (Å²) in [7, 11) is -3.59. The van der Waals surface area contributed by atoms with Crippen molar-refractivity contribution in [2.45, 2.75) is 18.9 Å². The molecule has 1 unspecified atom stereocenters. The molecule has 0 aliphatic carbocycles. The summed E-state index contributed by atoms with van der Waals surface area (Å²) in [6.07, 6.45) is -0.357. The predicted octanol–water partition coefficient (Wildman–Crippen LogP) is -2.35.